The quantitative estimate of drug-likeness (QED) is 0.837. The summed E-state index contributed by atoms with van der Waals surface area (Å²) >= 11 is 0. The molecule has 3 rings (SSSR count). The van der Waals surface area contributed by atoms with Gasteiger partial charge in [0.05, 0.1) is 12.8 Å². The summed E-state index contributed by atoms with van der Waals surface area (Å²) < 4.78 is 5.22. The van der Waals surface area contributed by atoms with E-state index < -0.39 is 17.8 Å². The van der Waals surface area contributed by atoms with Crippen LogP contribution in [0.4, 0.5) is 16.2 Å². The third kappa shape index (κ3) is 3.51. The summed E-state index contributed by atoms with van der Waals surface area (Å²) in [7, 11) is 1.51. The number of anilines is 2. The van der Waals surface area contributed by atoms with Crippen molar-refractivity contribution >= 4 is 29.2 Å². The first-order chi connectivity index (χ1) is 12.5. The van der Waals surface area contributed by atoms with Gasteiger partial charge in [-0.05, 0) is 36.8 Å². The number of carbonyl (C=O) groups is 3. The number of aryl methyl sites for hydroxylation is 1. The maximum absolute atomic E-state index is 12.5. The predicted molar refractivity (Wildman–Crippen MR) is 97.3 cm³/mol. The van der Waals surface area contributed by atoms with Crippen LogP contribution in [0.1, 0.15) is 5.56 Å². The number of nitrogens with zero attached hydrogens (tertiary/aromatic N) is 2. The molecule has 2 aromatic carbocycles. The highest BCUT2D eigenvalue weighted by Crippen LogP contribution is 2.25. The molecule has 4 amide bonds. The lowest BCUT2D eigenvalue weighted by Crippen LogP contribution is -2.39. The average molecular weight is 353 g/mol. The first kappa shape index (κ1) is 17.5. The predicted octanol–water partition coefficient (Wildman–Crippen LogP) is 2.41. The second kappa shape index (κ2) is 7.26. The molecule has 0 bridgehead atoms. The molecule has 0 aliphatic carbocycles. The zero-order valence-electron chi connectivity index (χ0n) is 14.6. The normalized spacial score (nSPS) is 13.9. The Hall–Kier alpha value is -3.35. The molecule has 2 aromatic rings. The third-order valence-corrected chi connectivity index (χ3v) is 4.05. The van der Waals surface area contributed by atoms with E-state index in [1.54, 1.807) is 36.4 Å². The molecule has 0 radical (unpaired) electrons. The van der Waals surface area contributed by atoms with Crippen LogP contribution < -0.4 is 15.0 Å². The number of para-hydroxylation sites is 1. The van der Waals surface area contributed by atoms with Crippen molar-refractivity contribution in [1.29, 1.82) is 0 Å². The van der Waals surface area contributed by atoms with Gasteiger partial charge in [0, 0.05) is 5.69 Å². The molecular formula is C19H19N3O4. The maximum atomic E-state index is 12.5. The van der Waals surface area contributed by atoms with Crippen LogP contribution in [0.5, 0.6) is 5.75 Å². The largest absolute Gasteiger partial charge is 0.495 e. The zero-order valence-corrected chi connectivity index (χ0v) is 14.6. The summed E-state index contributed by atoms with van der Waals surface area (Å²) in [6.07, 6.45) is 0. The lowest BCUT2D eigenvalue weighted by molar-refractivity contribution is -0.128. The molecule has 1 fully saturated rings. The van der Waals surface area contributed by atoms with Gasteiger partial charge in [0.1, 0.15) is 18.8 Å². The fraction of sp³-hybridized carbons (Fsp3) is 0.211. The van der Waals surface area contributed by atoms with Crippen molar-refractivity contribution in [3.05, 3.63) is 54.1 Å². The minimum Gasteiger partial charge on any atom is -0.495 e. The Morgan fingerprint density at radius 3 is 2.58 bits per heavy atom. The maximum Gasteiger partial charge on any atom is 0.332 e. The summed E-state index contributed by atoms with van der Waals surface area (Å²) in [6.45, 7) is 1.46. The highest BCUT2D eigenvalue weighted by atomic mass is 16.5. The van der Waals surface area contributed by atoms with Gasteiger partial charge in [-0.3, -0.25) is 19.4 Å². The standard InChI is InChI=1S/C19H19N3O4/c1-13-8-9-16(26-2)15(10-13)20-17(23)11-22-18(24)12-21(19(22)25)14-6-4-3-5-7-14/h3-10H,11-12H2,1-2H3,(H,20,23). The number of hydrogen-bond donors (Lipinski definition) is 1. The number of rotatable bonds is 5. The van der Waals surface area contributed by atoms with Crippen LogP contribution in [0.15, 0.2) is 48.5 Å². The number of urea groups is 1. The topological polar surface area (TPSA) is 79.0 Å². The lowest BCUT2D eigenvalue weighted by Gasteiger charge is -2.17. The molecular weight excluding hydrogens is 334 g/mol. The number of hydrogen-bond acceptors (Lipinski definition) is 4. The molecule has 0 unspecified atom stereocenters. The minimum atomic E-state index is -0.507. The van der Waals surface area contributed by atoms with Gasteiger partial charge in [-0.2, -0.15) is 0 Å². The van der Waals surface area contributed by atoms with Crippen LogP contribution in [-0.2, 0) is 9.59 Å². The Bertz CT molecular complexity index is 851. The van der Waals surface area contributed by atoms with E-state index in [0.717, 1.165) is 10.5 Å². The van der Waals surface area contributed by atoms with Gasteiger partial charge in [0.25, 0.3) is 5.91 Å². The Labute approximate surface area is 151 Å². The van der Waals surface area contributed by atoms with Crippen molar-refractivity contribution < 1.29 is 19.1 Å². The van der Waals surface area contributed by atoms with E-state index in [9.17, 15) is 14.4 Å². The number of methoxy groups -OCH3 is 1. The summed E-state index contributed by atoms with van der Waals surface area (Å²) in [5.41, 5.74) is 2.07. The van der Waals surface area contributed by atoms with Crippen LogP contribution in [-0.4, -0.2) is 42.9 Å². The van der Waals surface area contributed by atoms with Crippen LogP contribution in [0, 0.1) is 6.92 Å². The number of amides is 4. The number of imide groups is 1. The molecule has 7 nitrogen and oxygen atoms in total. The Balaban J connectivity index is 1.71. The van der Waals surface area contributed by atoms with Crippen LogP contribution in [0.3, 0.4) is 0 Å². The zero-order chi connectivity index (χ0) is 18.7. The molecule has 1 heterocycles. The summed E-state index contributed by atoms with van der Waals surface area (Å²) in [5.74, 6) is -0.371. The summed E-state index contributed by atoms with van der Waals surface area (Å²) in [5, 5.41) is 2.70. The fourth-order valence-corrected chi connectivity index (χ4v) is 2.76. The molecule has 134 valence electrons. The molecule has 1 N–H and O–H groups in total. The monoisotopic (exact) mass is 353 g/mol. The van der Waals surface area contributed by atoms with Gasteiger partial charge in [0.15, 0.2) is 0 Å². The second-order valence-corrected chi connectivity index (χ2v) is 5.94. The van der Waals surface area contributed by atoms with E-state index in [4.69, 9.17) is 4.74 Å². The second-order valence-electron chi connectivity index (χ2n) is 5.94. The average Bonchev–Trinajstić information content (AvgIpc) is 2.91. The Morgan fingerprint density at radius 1 is 1.15 bits per heavy atom. The van der Waals surface area contributed by atoms with Gasteiger partial charge >= 0.3 is 6.03 Å². The third-order valence-electron chi connectivity index (χ3n) is 4.05. The molecule has 7 heteroatoms. The van der Waals surface area contributed by atoms with Crippen LogP contribution >= 0.6 is 0 Å². The van der Waals surface area contributed by atoms with Crippen LogP contribution in [0.2, 0.25) is 0 Å². The number of ether oxygens (including phenoxy) is 1. The van der Waals surface area contributed by atoms with Crippen molar-refractivity contribution in [3.8, 4) is 5.75 Å². The van der Waals surface area contributed by atoms with Gasteiger partial charge in [-0.25, -0.2) is 4.79 Å². The summed E-state index contributed by atoms with van der Waals surface area (Å²) in [6, 6.07) is 13.7. The van der Waals surface area contributed by atoms with Gasteiger partial charge in [0.2, 0.25) is 5.91 Å². The van der Waals surface area contributed by atoms with E-state index in [1.807, 2.05) is 19.1 Å². The van der Waals surface area contributed by atoms with E-state index >= 15 is 0 Å². The van der Waals surface area contributed by atoms with E-state index in [-0.39, 0.29) is 13.1 Å². The van der Waals surface area contributed by atoms with Crippen molar-refractivity contribution in [1.82, 2.24) is 4.90 Å². The SMILES string of the molecule is COc1ccc(C)cc1NC(=O)CN1C(=O)CN(c2ccccc2)C1=O. The van der Waals surface area contributed by atoms with Crippen LogP contribution in [0.25, 0.3) is 0 Å². The molecule has 1 aliphatic rings. The highest BCUT2D eigenvalue weighted by molar-refractivity contribution is 6.14. The molecule has 0 aromatic heterocycles. The number of benzene rings is 2. The Morgan fingerprint density at radius 2 is 1.88 bits per heavy atom. The van der Waals surface area contributed by atoms with Crippen molar-refractivity contribution in [2.24, 2.45) is 0 Å². The smallest absolute Gasteiger partial charge is 0.332 e. The molecule has 0 spiro atoms. The molecule has 0 atom stereocenters. The van der Waals surface area contributed by atoms with Crippen molar-refractivity contribution in [2.45, 2.75) is 6.92 Å². The number of nitrogens with one attached hydrogen (secondary N) is 1. The number of carbonyl (C=O) groups excluding carboxylic acids is 3. The Kier molecular flexibility index (Phi) is 4.88. The molecule has 1 aliphatic heterocycles. The van der Waals surface area contributed by atoms with Crippen molar-refractivity contribution in [2.75, 3.05) is 30.4 Å². The minimum absolute atomic E-state index is 0.0795. The van der Waals surface area contributed by atoms with Gasteiger partial charge in [-0.1, -0.05) is 24.3 Å². The van der Waals surface area contributed by atoms with Gasteiger partial charge in [-0.15, -0.1) is 0 Å². The van der Waals surface area contributed by atoms with E-state index in [1.165, 1.54) is 12.0 Å². The fourth-order valence-electron chi connectivity index (χ4n) is 2.76. The summed E-state index contributed by atoms with van der Waals surface area (Å²) in [4.78, 5) is 39.4. The lowest BCUT2D eigenvalue weighted by atomic mass is 10.2. The molecule has 0 saturated carbocycles. The molecule has 26 heavy (non-hydrogen) atoms. The highest BCUT2D eigenvalue weighted by Gasteiger charge is 2.37. The van der Waals surface area contributed by atoms with Gasteiger partial charge < -0.3 is 10.1 Å². The van der Waals surface area contributed by atoms with E-state index in [2.05, 4.69) is 5.32 Å². The van der Waals surface area contributed by atoms with Crippen molar-refractivity contribution in [3.63, 3.8) is 0 Å². The first-order valence-electron chi connectivity index (χ1n) is 8.11. The first-order valence-corrected chi connectivity index (χ1v) is 8.11. The van der Waals surface area contributed by atoms with E-state index in [0.29, 0.717) is 17.1 Å². The molecule has 1 saturated heterocycles.